The van der Waals surface area contributed by atoms with Gasteiger partial charge in [0.15, 0.2) is 0 Å². The Labute approximate surface area is 164 Å². The van der Waals surface area contributed by atoms with E-state index in [4.69, 9.17) is 0 Å². The fraction of sp³-hybridized carbons (Fsp3) is 0.105. The molecule has 1 heterocycles. The number of carbonyl (C=O) groups is 2. The molecular weight excluding hydrogens is 385 g/mol. The van der Waals surface area contributed by atoms with Crippen LogP contribution in [0.3, 0.4) is 0 Å². The highest BCUT2D eigenvalue weighted by molar-refractivity contribution is 8.13. The summed E-state index contributed by atoms with van der Waals surface area (Å²) in [5.41, 5.74) is 0.969. The number of amides is 2. The number of aromatic nitrogens is 1. The number of benzene rings is 2. The average molecular weight is 401 g/mol. The van der Waals surface area contributed by atoms with Crippen molar-refractivity contribution in [1.29, 1.82) is 0 Å². The molecule has 8 heteroatoms. The van der Waals surface area contributed by atoms with Crippen molar-refractivity contribution in [3.8, 4) is 10.6 Å². The van der Waals surface area contributed by atoms with Crippen LogP contribution >= 0.6 is 23.1 Å². The number of nitrogens with one attached hydrogen (secondary N) is 1. The van der Waals surface area contributed by atoms with Crippen LogP contribution in [0.5, 0.6) is 0 Å². The largest absolute Gasteiger partial charge is 0.339 e. The molecule has 0 saturated carbocycles. The van der Waals surface area contributed by atoms with Gasteiger partial charge in [-0.3, -0.25) is 9.59 Å². The minimum Gasteiger partial charge on any atom is -0.339 e. The first-order valence-corrected chi connectivity index (χ1v) is 9.58. The molecule has 3 rings (SSSR count). The molecule has 1 aromatic heterocycles. The van der Waals surface area contributed by atoms with Gasteiger partial charge in [0.1, 0.15) is 15.7 Å². The second-order valence-electron chi connectivity index (χ2n) is 5.75. The number of thioether (sulfide) groups is 1. The van der Waals surface area contributed by atoms with Gasteiger partial charge in [0.05, 0.1) is 6.20 Å². The van der Waals surface area contributed by atoms with E-state index in [2.05, 4.69) is 10.3 Å². The molecule has 0 atom stereocenters. The van der Waals surface area contributed by atoms with Crippen LogP contribution in [0.15, 0.2) is 59.6 Å². The SMILES string of the molecule is CN(C)C(=O)Sc1ccc(NC(=O)c2cnc(-c3ccccc3F)s2)cc1. The molecule has 0 spiro atoms. The van der Waals surface area contributed by atoms with Gasteiger partial charge in [-0.2, -0.15) is 0 Å². The molecule has 138 valence electrons. The van der Waals surface area contributed by atoms with Crippen molar-refractivity contribution in [2.75, 3.05) is 19.4 Å². The highest BCUT2D eigenvalue weighted by atomic mass is 32.2. The summed E-state index contributed by atoms with van der Waals surface area (Å²) in [6.45, 7) is 0. The zero-order valence-electron chi connectivity index (χ0n) is 14.6. The van der Waals surface area contributed by atoms with Crippen LogP contribution in [0.4, 0.5) is 14.9 Å². The normalized spacial score (nSPS) is 10.5. The number of hydrogen-bond acceptors (Lipinski definition) is 5. The Bertz CT molecular complexity index is 971. The molecule has 1 N–H and O–H groups in total. The summed E-state index contributed by atoms with van der Waals surface area (Å²) in [7, 11) is 3.38. The van der Waals surface area contributed by atoms with Crippen LogP contribution in [0.25, 0.3) is 10.6 Å². The third-order valence-electron chi connectivity index (χ3n) is 3.52. The quantitative estimate of drug-likeness (QED) is 0.627. The first-order valence-electron chi connectivity index (χ1n) is 7.95. The maximum Gasteiger partial charge on any atom is 0.285 e. The Morgan fingerprint density at radius 2 is 1.81 bits per heavy atom. The summed E-state index contributed by atoms with van der Waals surface area (Å²) in [5, 5.41) is 3.15. The molecule has 3 aromatic rings. The maximum atomic E-state index is 13.8. The number of rotatable bonds is 4. The van der Waals surface area contributed by atoms with Crippen LogP contribution in [-0.2, 0) is 0 Å². The van der Waals surface area contributed by atoms with Crippen molar-refractivity contribution < 1.29 is 14.0 Å². The lowest BCUT2D eigenvalue weighted by Crippen LogP contribution is -2.16. The first-order chi connectivity index (χ1) is 12.9. The van der Waals surface area contributed by atoms with Crippen LogP contribution in [0, 0.1) is 5.82 Å². The predicted octanol–water partition coefficient (Wildman–Crippen LogP) is 4.98. The number of hydrogen-bond donors (Lipinski definition) is 1. The second-order valence-corrected chi connectivity index (χ2v) is 7.81. The van der Waals surface area contributed by atoms with Gasteiger partial charge in [-0.25, -0.2) is 9.37 Å². The van der Waals surface area contributed by atoms with Crippen LogP contribution < -0.4 is 5.32 Å². The zero-order chi connectivity index (χ0) is 19.4. The molecule has 0 fully saturated rings. The van der Waals surface area contributed by atoms with E-state index in [1.807, 2.05) is 0 Å². The molecule has 0 radical (unpaired) electrons. The molecule has 0 saturated heterocycles. The lowest BCUT2D eigenvalue weighted by atomic mass is 10.2. The Morgan fingerprint density at radius 1 is 1.11 bits per heavy atom. The number of carbonyl (C=O) groups excluding carboxylic acids is 2. The van der Waals surface area contributed by atoms with E-state index in [1.165, 1.54) is 17.2 Å². The van der Waals surface area contributed by atoms with Crippen molar-refractivity contribution in [3.05, 3.63) is 65.4 Å². The van der Waals surface area contributed by atoms with Crippen molar-refractivity contribution >= 4 is 39.9 Å². The smallest absolute Gasteiger partial charge is 0.285 e. The Balaban J connectivity index is 1.67. The minimum absolute atomic E-state index is 0.0721. The fourth-order valence-corrected chi connectivity index (χ4v) is 3.62. The van der Waals surface area contributed by atoms with Crippen molar-refractivity contribution in [2.24, 2.45) is 0 Å². The molecule has 2 aromatic carbocycles. The van der Waals surface area contributed by atoms with Gasteiger partial charge in [-0.15, -0.1) is 11.3 Å². The van der Waals surface area contributed by atoms with Gasteiger partial charge in [0.25, 0.3) is 11.1 Å². The fourth-order valence-electron chi connectivity index (χ4n) is 2.13. The number of nitrogens with zero attached hydrogens (tertiary/aromatic N) is 2. The molecule has 0 unspecified atom stereocenters. The summed E-state index contributed by atoms with van der Waals surface area (Å²) in [6.07, 6.45) is 1.43. The number of halogens is 1. The Hall–Kier alpha value is -2.71. The summed E-state index contributed by atoms with van der Waals surface area (Å²) in [6, 6.07) is 13.3. The molecule has 0 bridgehead atoms. The van der Waals surface area contributed by atoms with E-state index in [0.29, 0.717) is 21.1 Å². The van der Waals surface area contributed by atoms with Crippen molar-refractivity contribution in [1.82, 2.24) is 9.88 Å². The van der Waals surface area contributed by atoms with Crippen LogP contribution in [-0.4, -0.2) is 35.1 Å². The van der Waals surface area contributed by atoms with Gasteiger partial charge in [-0.05, 0) is 48.2 Å². The lowest BCUT2D eigenvalue weighted by Gasteiger charge is -2.09. The second kappa shape index (κ2) is 8.32. The summed E-state index contributed by atoms with van der Waals surface area (Å²) in [5.74, 6) is -0.695. The van der Waals surface area contributed by atoms with Gasteiger partial charge >= 0.3 is 0 Å². The van der Waals surface area contributed by atoms with Gasteiger partial charge in [0, 0.05) is 30.2 Å². The molecular formula is C19H16FN3O2S2. The highest BCUT2D eigenvalue weighted by Crippen LogP contribution is 2.28. The van der Waals surface area contributed by atoms with Gasteiger partial charge in [0.2, 0.25) is 0 Å². The van der Waals surface area contributed by atoms with Gasteiger partial charge < -0.3 is 10.2 Å². The van der Waals surface area contributed by atoms with Crippen molar-refractivity contribution in [3.63, 3.8) is 0 Å². The zero-order valence-corrected chi connectivity index (χ0v) is 16.2. The van der Waals surface area contributed by atoms with Gasteiger partial charge in [-0.1, -0.05) is 12.1 Å². The molecule has 0 aliphatic rings. The monoisotopic (exact) mass is 401 g/mol. The average Bonchev–Trinajstić information content (AvgIpc) is 3.13. The molecule has 0 aliphatic heterocycles. The predicted molar refractivity (Wildman–Crippen MR) is 107 cm³/mol. The lowest BCUT2D eigenvalue weighted by molar-refractivity contribution is 0.103. The van der Waals surface area contributed by atoms with Crippen molar-refractivity contribution in [2.45, 2.75) is 4.90 Å². The first kappa shape index (κ1) is 19.1. The van der Waals surface area contributed by atoms with E-state index >= 15 is 0 Å². The Morgan fingerprint density at radius 3 is 2.48 bits per heavy atom. The van der Waals surface area contributed by atoms with E-state index in [1.54, 1.807) is 56.6 Å². The van der Waals surface area contributed by atoms with Crippen LogP contribution in [0.2, 0.25) is 0 Å². The van der Waals surface area contributed by atoms with E-state index in [-0.39, 0.29) is 17.0 Å². The third-order valence-corrected chi connectivity index (χ3v) is 5.59. The molecule has 5 nitrogen and oxygen atoms in total. The molecule has 0 aliphatic carbocycles. The summed E-state index contributed by atoms with van der Waals surface area (Å²) in [4.78, 5) is 30.9. The number of thiazole rings is 1. The van der Waals surface area contributed by atoms with E-state index in [0.717, 1.165) is 28.0 Å². The maximum absolute atomic E-state index is 13.8. The summed E-state index contributed by atoms with van der Waals surface area (Å²) < 4.78 is 13.8. The topological polar surface area (TPSA) is 62.3 Å². The van der Waals surface area contributed by atoms with Crippen LogP contribution in [0.1, 0.15) is 9.67 Å². The minimum atomic E-state index is -0.376. The Kier molecular flexibility index (Phi) is 5.88. The van der Waals surface area contributed by atoms with E-state index in [9.17, 15) is 14.0 Å². The number of anilines is 1. The standard InChI is InChI=1S/C19H16FN3O2S2/c1-23(2)19(25)26-13-9-7-12(8-10-13)22-17(24)16-11-21-18(27-16)14-5-3-4-6-15(14)20/h3-11H,1-2H3,(H,22,24). The van der Waals surface area contributed by atoms with E-state index < -0.39 is 0 Å². The molecule has 27 heavy (non-hydrogen) atoms. The highest BCUT2D eigenvalue weighted by Gasteiger charge is 2.14. The summed E-state index contributed by atoms with van der Waals surface area (Å²) >= 11 is 2.23. The third kappa shape index (κ3) is 4.72. The molecule has 2 amide bonds.